The van der Waals surface area contributed by atoms with Gasteiger partial charge in [0.15, 0.2) is 0 Å². The minimum absolute atomic E-state index is 0.395. The fourth-order valence-corrected chi connectivity index (χ4v) is 2.95. The number of nitrogens with zero attached hydrogens (tertiary/aromatic N) is 2. The zero-order valence-electron chi connectivity index (χ0n) is 10.6. The molecule has 0 amide bonds. The Morgan fingerprint density at radius 1 is 1.33 bits per heavy atom. The standard InChI is InChI=1S/C14H16N2O2/c1-15-7-6-12-11(8-15)9-4-3-5-10(14(17)18)13(9)16(12)2/h3-5H,6-8H2,1-2H3,(H,17,18). The summed E-state index contributed by atoms with van der Waals surface area (Å²) in [6.45, 7) is 1.93. The third-order valence-electron chi connectivity index (χ3n) is 3.84. The molecule has 0 aliphatic carbocycles. The molecule has 1 aliphatic rings. The first-order valence-electron chi connectivity index (χ1n) is 6.10. The van der Waals surface area contributed by atoms with Crippen molar-refractivity contribution in [3.05, 3.63) is 35.0 Å². The van der Waals surface area contributed by atoms with Crippen molar-refractivity contribution < 1.29 is 9.90 Å². The fraction of sp³-hybridized carbons (Fsp3) is 0.357. The van der Waals surface area contributed by atoms with Crippen LogP contribution in [0.4, 0.5) is 0 Å². The minimum Gasteiger partial charge on any atom is -0.478 e. The Hall–Kier alpha value is -1.81. The second-order valence-corrected chi connectivity index (χ2v) is 4.98. The SMILES string of the molecule is CN1CCc2c(c3cccc(C(=O)O)c3n2C)C1. The topological polar surface area (TPSA) is 45.5 Å². The van der Waals surface area contributed by atoms with E-state index in [0.717, 1.165) is 30.4 Å². The highest BCUT2D eigenvalue weighted by Gasteiger charge is 2.23. The maximum atomic E-state index is 11.3. The van der Waals surface area contributed by atoms with Crippen LogP contribution in [-0.2, 0) is 20.0 Å². The molecule has 0 spiro atoms. The Bertz CT molecular complexity index is 643. The molecular formula is C14H16N2O2. The van der Waals surface area contributed by atoms with E-state index in [2.05, 4.69) is 16.5 Å². The smallest absolute Gasteiger partial charge is 0.337 e. The van der Waals surface area contributed by atoms with E-state index in [1.807, 2.05) is 19.2 Å². The zero-order valence-corrected chi connectivity index (χ0v) is 10.6. The summed E-state index contributed by atoms with van der Waals surface area (Å²) < 4.78 is 2.06. The molecule has 2 heterocycles. The third-order valence-corrected chi connectivity index (χ3v) is 3.84. The Kier molecular flexibility index (Phi) is 2.41. The normalized spacial score (nSPS) is 15.9. The van der Waals surface area contributed by atoms with Crippen LogP contribution < -0.4 is 0 Å². The van der Waals surface area contributed by atoms with Gasteiger partial charge in [0.05, 0.1) is 11.1 Å². The van der Waals surface area contributed by atoms with Crippen LogP contribution in [-0.4, -0.2) is 34.1 Å². The summed E-state index contributed by atoms with van der Waals surface area (Å²) in [5.41, 5.74) is 3.80. The summed E-state index contributed by atoms with van der Waals surface area (Å²) in [5.74, 6) is -0.855. The number of likely N-dealkylation sites (N-methyl/N-ethyl adjacent to an activating group) is 1. The van der Waals surface area contributed by atoms with E-state index in [0.29, 0.717) is 5.56 Å². The van der Waals surface area contributed by atoms with Gasteiger partial charge >= 0.3 is 5.97 Å². The number of fused-ring (bicyclic) bond motifs is 3. The van der Waals surface area contributed by atoms with Crippen molar-refractivity contribution >= 4 is 16.9 Å². The van der Waals surface area contributed by atoms with Gasteiger partial charge in [-0.2, -0.15) is 0 Å². The van der Waals surface area contributed by atoms with Crippen molar-refractivity contribution in [2.75, 3.05) is 13.6 Å². The first kappa shape index (κ1) is 11.3. The van der Waals surface area contributed by atoms with E-state index >= 15 is 0 Å². The fourth-order valence-electron chi connectivity index (χ4n) is 2.95. The summed E-state index contributed by atoms with van der Waals surface area (Å²) in [6.07, 6.45) is 0.982. The molecular weight excluding hydrogens is 228 g/mol. The lowest BCUT2D eigenvalue weighted by Crippen LogP contribution is -2.26. The number of aromatic carboxylic acids is 1. The Balaban J connectivity index is 2.36. The first-order chi connectivity index (χ1) is 8.59. The largest absolute Gasteiger partial charge is 0.478 e. The molecule has 4 nitrogen and oxygen atoms in total. The molecule has 0 radical (unpaired) electrons. The number of hydrogen-bond acceptors (Lipinski definition) is 2. The number of aromatic nitrogens is 1. The van der Waals surface area contributed by atoms with Gasteiger partial charge in [-0.05, 0) is 18.7 Å². The second-order valence-electron chi connectivity index (χ2n) is 4.98. The van der Waals surface area contributed by atoms with Gasteiger partial charge in [-0.25, -0.2) is 4.79 Å². The molecule has 4 heteroatoms. The van der Waals surface area contributed by atoms with Gasteiger partial charge in [0.1, 0.15) is 0 Å². The number of aryl methyl sites for hydroxylation is 1. The van der Waals surface area contributed by atoms with Crippen LogP contribution in [0.1, 0.15) is 21.6 Å². The van der Waals surface area contributed by atoms with Gasteiger partial charge in [0, 0.05) is 37.6 Å². The van der Waals surface area contributed by atoms with Crippen LogP contribution in [0.5, 0.6) is 0 Å². The van der Waals surface area contributed by atoms with Crippen molar-refractivity contribution in [1.82, 2.24) is 9.47 Å². The maximum absolute atomic E-state index is 11.3. The molecule has 0 unspecified atom stereocenters. The van der Waals surface area contributed by atoms with Crippen molar-refractivity contribution in [1.29, 1.82) is 0 Å². The number of carboxylic acid groups (broad SMARTS) is 1. The highest BCUT2D eigenvalue weighted by Crippen LogP contribution is 2.31. The van der Waals surface area contributed by atoms with Gasteiger partial charge in [-0.15, -0.1) is 0 Å². The Labute approximate surface area is 105 Å². The minimum atomic E-state index is -0.855. The Morgan fingerprint density at radius 2 is 2.11 bits per heavy atom. The molecule has 0 saturated heterocycles. The monoisotopic (exact) mass is 244 g/mol. The van der Waals surface area contributed by atoms with Crippen molar-refractivity contribution in [3.8, 4) is 0 Å². The second kappa shape index (κ2) is 3.85. The summed E-state index contributed by atoms with van der Waals surface area (Å²) in [7, 11) is 4.07. The molecule has 1 N–H and O–H groups in total. The maximum Gasteiger partial charge on any atom is 0.337 e. The van der Waals surface area contributed by atoms with Crippen LogP contribution in [0, 0.1) is 0 Å². The van der Waals surface area contributed by atoms with E-state index in [1.165, 1.54) is 11.3 Å². The van der Waals surface area contributed by atoms with Crippen LogP contribution in [0.25, 0.3) is 10.9 Å². The number of rotatable bonds is 1. The van der Waals surface area contributed by atoms with Crippen molar-refractivity contribution in [3.63, 3.8) is 0 Å². The lowest BCUT2D eigenvalue weighted by Gasteiger charge is -2.23. The molecule has 0 bridgehead atoms. The number of benzene rings is 1. The van der Waals surface area contributed by atoms with Gasteiger partial charge in [0.25, 0.3) is 0 Å². The predicted octanol–water partition coefficient (Wildman–Crippen LogP) is 1.86. The number of carboxylic acids is 1. The van der Waals surface area contributed by atoms with Gasteiger partial charge < -0.3 is 14.6 Å². The van der Waals surface area contributed by atoms with E-state index < -0.39 is 5.97 Å². The summed E-state index contributed by atoms with van der Waals surface area (Å²) in [5, 5.41) is 10.4. The van der Waals surface area contributed by atoms with E-state index in [9.17, 15) is 9.90 Å². The summed E-state index contributed by atoms with van der Waals surface area (Å²) in [6, 6.07) is 5.54. The molecule has 1 aromatic heterocycles. The molecule has 1 aromatic carbocycles. The molecule has 94 valence electrons. The average molecular weight is 244 g/mol. The highest BCUT2D eigenvalue weighted by atomic mass is 16.4. The van der Waals surface area contributed by atoms with E-state index in [4.69, 9.17) is 0 Å². The highest BCUT2D eigenvalue weighted by molar-refractivity contribution is 6.03. The quantitative estimate of drug-likeness (QED) is 0.833. The number of para-hydroxylation sites is 1. The van der Waals surface area contributed by atoms with Crippen LogP contribution in [0.2, 0.25) is 0 Å². The lowest BCUT2D eigenvalue weighted by molar-refractivity contribution is 0.0698. The van der Waals surface area contributed by atoms with Gasteiger partial charge in [-0.1, -0.05) is 12.1 Å². The third kappa shape index (κ3) is 1.46. The zero-order chi connectivity index (χ0) is 12.9. The number of hydrogen-bond donors (Lipinski definition) is 1. The average Bonchev–Trinajstić information content (AvgIpc) is 2.63. The molecule has 1 aliphatic heterocycles. The molecule has 0 saturated carbocycles. The van der Waals surface area contributed by atoms with Crippen molar-refractivity contribution in [2.45, 2.75) is 13.0 Å². The van der Waals surface area contributed by atoms with Crippen molar-refractivity contribution in [2.24, 2.45) is 7.05 Å². The van der Waals surface area contributed by atoms with Crippen LogP contribution in [0.3, 0.4) is 0 Å². The lowest BCUT2D eigenvalue weighted by atomic mass is 10.0. The summed E-state index contributed by atoms with van der Waals surface area (Å²) in [4.78, 5) is 13.6. The first-order valence-corrected chi connectivity index (χ1v) is 6.10. The molecule has 3 rings (SSSR count). The molecule has 0 atom stereocenters. The molecule has 18 heavy (non-hydrogen) atoms. The summed E-state index contributed by atoms with van der Waals surface area (Å²) >= 11 is 0. The number of carbonyl (C=O) groups is 1. The predicted molar refractivity (Wildman–Crippen MR) is 69.9 cm³/mol. The van der Waals surface area contributed by atoms with Crippen LogP contribution in [0.15, 0.2) is 18.2 Å². The van der Waals surface area contributed by atoms with Crippen LogP contribution >= 0.6 is 0 Å². The van der Waals surface area contributed by atoms with E-state index in [1.54, 1.807) is 6.07 Å². The van der Waals surface area contributed by atoms with E-state index in [-0.39, 0.29) is 0 Å². The molecule has 2 aromatic rings. The molecule has 0 fully saturated rings. The Morgan fingerprint density at radius 3 is 2.83 bits per heavy atom. The van der Waals surface area contributed by atoms with Gasteiger partial charge in [-0.3, -0.25) is 0 Å². The van der Waals surface area contributed by atoms with Gasteiger partial charge in [0.2, 0.25) is 0 Å².